The molecule has 0 unspecified atom stereocenters. The molecule has 0 heterocycles. The van der Waals surface area contributed by atoms with E-state index in [1.807, 2.05) is 0 Å². The van der Waals surface area contributed by atoms with Gasteiger partial charge in [0.05, 0.1) is 4.92 Å². The van der Waals surface area contributed by atoms with Crippen LogP contribution in [0, 0.1) is 10.1 Å². The molecule has 0 aromatic heterocycles. The van der Waals surface area contributed by atoms with Gasteiger partial charge >= 0.3 is 5.97 Å². The van der Waals surface area contributed by atoms with Gasteiger partial charge in [-0.25, -0.2) is 0 Å². The summed E-state index contributed by atoms with van der Waals surface area (Å²) in [7, 11) is 0. The third-order valence-electron chi connectivity index (χ3n) is 4.31. The van der Waals surface area contributed by atoms with E-state index in [0.717, 1.165) is 31.0 Å². The summed E-state index contributed by atoms with van der Waals surface area (Å²) in [5.41, 5.74) is 0.443. The number of thioether (sulfide) groups is 1. The van der Waals surface area contributed by atoms with Gasteiger partial charge in [0.2, 0.25) is 5.12 Å². The smallest absolute Gasteiger partial charge is 0.311 e. The van der Waals surface area contributed by atoms with Crippen molar-refractivity contribution in [2.45, 2.75) is 56.8 Å². The van der Waals surface area contributed by atoms with E-state index >= 15 is 0 Å². The number of nitro benzene ring substituents is 1. The second kappa shape index (κ2) is 12.0. The summed E-state index contributed by atoms with van der Waals surface area (Å²) in [5.74, 6) is 0.151. The molecule has 0 amide bonds. The van der Waals surface area contributed by atoms with Gasteiger partial charge in [-0.1, -0.05) is 39.0 Å². The van der Waals surface area contributed by atoms with Crippen molar-refractivity contribution in [3.8, 4) is 5.75 Å². The van der Waals surface area contributed by atoms with Crippen LogP contribution in [0.2, 0.25) is 0 Å². The van der Waals surface area contributed by atoms with Crippen molar-refractivity contribution in [3.63, 3.8) is 0 Å². The van der Waals surface area contributed by atoms with Gasteiger partial charge in [-0.2, -0.15) is 0 Å². The number of nitrogens with zero attached hydrogens (tertiary/aromatic N) is 1. The first-order valence-corrected chi connectivity index (χ1v) is 10.6. The number of benzene rings is 2. The molecule has 0 aliphatic heterocycles. The SMILES string of the molecule is CCCCCCCCC(=O)Oc1ccc(C(=O)Sc2ccc([N+](=O)[O-])cc2)cc1. The van der Waals surface area contributed by atoms with E-state index in [2.05, 4.69) is 6.92 Å². The van der Waals surface area contributed by atoms with Crippen LogP contribution in [0.5, 0.6) is 5.75 Å². The summed E-state index contributed by atoms with van der Waals surface area (Å²) < 4.78 is 5.31. The molecule has 2 aromatic rings. The summed E-state index contributed by atoms with van der Waals surface area (Å²) in [6, 6.07) is 12.2. The van der Waals surface area contributed by atoms with Gasteiger partial charge in [0.25, 0.3) is 5.69 Å². The van der Waals surface area contributed by atoms with E-state index in [4.69, 9.17) is 4.74 Å². The van der Waals surface area contributed by atoms with E-state index in [1.165, 1.54) is 31.4 Å². The first-order valence-electron chi connectivity index (χ1n) is 9.77. The Morgan fingerprint density at radius 2 is 1.55 bits per heavy atom. The van der Waals surface area contributed by atoms with Crippen LogP contribution in [0.3, 0.4) is 0 Å². The Hall–Kier alpha value is -2.67. The lowest BCUT2D eigenvalue weighted by Gasteiger charge is -2.06. The summed E-state index contributed by atoms with van der Waals surface area (Å²) in [6.45, 7) is 2.17. The maximum absolute atomic E-state index is 12.3. The molecule has 2 rings (SSSR count). The number of nitro groups is 1. The zero-order valence-electron chi connectivity index (χ0n) is 16.5. The monoisotopic (exact) mass is 415 g/mol. The van der Waals surface area contributed by atoms with Crippen molar-refractivity contribution < 1.29 is 19.2 Å². The van der Waals surface area contributed by atoms with Crippen molar-refractivity contribution in [1.82, 2.24) is 0 Å². The predicted molar refractivity (Wildman–Crippen MR) is 113 cm³/mol. The van der Waals surface area contributed by atoms with Crippen LogP contribution in [0.25, 0.3) is 0 Å². The molecule has 29 heavy (non-hydrogen) atoms. The quantitative estimate of drug-likeness (QED) is 0.109. The fourth-order valence-electron chi connectivity index (χ4n) is 2.69. The van der Waals surface area contributed by atoms with Crippen molar-refractivity contribution in [2.24, 2.45) is 0 Å². The molecule has 154 valence electrons. The van der Waals surface area contributed by atoms with Crippen molar-refractivity contribution >= 4 is 28.5 Å². The second-order valence-corrected chi connectivity index (χ2v) is 7.70. The Balaban J connectivity index is 1.79. The number of rotatable bonds is 11. The minimum atomic E-state index is -0.483. The average Bonchev–Trinajstić information content (AvgIpc) is 2.71. The van der Waals surface area contributed by atoms with Crippen molar-refractivity contribution in [2.75, 3.05) is 0 Å². The van der Waals surface area contributed by atoms with E-state index in [1.54, 1.807) is 36.4 Å². The summed E-state index contributed by atoms with van der Waals surface area (Å²) in [6.07, 6.45) is 7.03. The molecular weight excluding hydrogens is 390 g/mol. The van der Waals surface area contributed by atoms with Gasteiger partial charge in [-0.3, -0.25) is 19.7 Å². The molecular formula is C22H25NO5S. The van der Waals surface area contributed by atoms with Gasteiger partial charge in [-0.15, -0.1) is 0 Å². The van der Waals surface area contributed by atoms with E-state index < -0.39 is 4.92 Å². The molecule has 0 radical (unpaired) electrons. The molecule has 0 aliphatic rings. The van der Waals surface area contributed by atoms with Gasteiger partial charge < -0.3 is 4.74 Å². The Labute approximate surface area is 174 Å². The molecule has 0 saturated heterocycles. The maximum atomic E-state index is 12.3. The largest absolute Gasteiger partial charge is 0.427 e. The van der Waals surface area contributed by atoms with Crippen LogP contribution in [-0.4, -0.2) is 16.0 Å². The molecule has 0 N–H and O–H groups in total. The highest BCUT2D eigenvalue weighted by Crippen LogP contribution is 2.26. The van der Waals surface area contributed by atoms with Crippen LogP contribution >= 0.6 is 11.8 Å². The number of carbonyl (C=O) groups is 2. The molecule has 0 bridgehead atoms. The van der Waals surface area contributed by atoms with Crippen molar-refractivity contribution in [1.29, 1.82) is 0 Å². The lowest BCUT2D eigenvalue weighted by molar-refractivity contribution is -0.384. The number of carbonyl (C=O) groups excluding carboxylic acids is 2. The molecule has 0 saturated carbocycles. The van der Waals surface area contributed by atoms with Gasteiger partial charge in [0.1, 0.15) is 5.75 Å². The van der Waals surface area contributed by atoms with E-state index in [9.17, 15) is 19.7 Å². The topological polar surface area (TPSA) is 86.5 Å². The summed E-state index contributed by atoms with van der Waals surface area (Å²) in [4.78, 5) is 35.0. The Kier molecular flexibility index (Phi) is 9.37. The van der Waals surface area contributed by atoms with Gasteiger partial charge in [0, 0.05) is 29.0 Å². The third kappa shape index (κ3) is 8.07. The Morgan fingerprint density at radius 1 is 0.931 bits per heavy atom. The number of ether oxygens (including phenoxy) is 1. The Bertz CT molecular complexity index is 818. The molecule has 0 atom stereocenters. The van der Waals surface area contributed by atoms with E-state index in [-0.39, 0.29) is 16.8 Å². The second-order valence-electron chi connectivity index (χ2n) is 6.66. The number of hydrogen-bond donors (Lipinski definition) is 0. The first-order chi connectivity index (χ1) is 14.0. The molecule has 0 aliphatic carbocycles. The van der Waals surface area contributed by atoms with Gasteiger partial charge in [0.15, 0.2) is 0 Å². The highest BCUT2D eigenvalue weighted by atomic mass is 32.2. The molecule has 0 spiro atoms. The number of esters is 1. The summed E-state index contributed by atoms with van der Waals surface area (Å²) >= 11 is 0.987. The average molecular weight is 416 g/mol. The van der Waals surface area contributed by atoms with Crippen molar-refractivity contribution in [3.05, 3.63) is 64.2 Å². The van der Waals surface area contributed by atoms with Crippen LogP contribution in [0.4, 0.5) is 5.69 Å². The number of hydrogen-bond acceptors (Lipinski definition) is 6. The minimum Gasteiger partial charge on any atom is -0.427 e. The van der Waals surface area contributed by atoms with Gasteiger partial charge in [-0.05, 0) is 54.6 Å². The first kappa shape index (κ1) is 22.6. The minimum absolute atomic E-state index is 0.0195. The number of non-ortho nitro benzene ring substituents is 1. The van der Waals surface area contributed by atoms with Crippen LogP contribution < -0.4 is 4.74 Å². The third-order valence-corrected chi connectivity index (χ3v) is 5.24. The zero-order chi connectivity index (χ0) is 21.1. The van der Waals surface area contributed by atoms with Crippen LogP contribution in [0.1, 0.15) is 62.2 Å². The molecule has 7 heteroatoms. The molecule has 6 nitrogen and oxygen atoms in total. The highest BCUT2D eigenvalue weighted by molar-refractivity contribution is 8.14. The fraction of sp³-hybridized carbons (Fsp3) is 0.364. The fourth-order valence-corrected chi connectivity index (χ4v) is 3.43. The standard InChI is InChI=1S/C22H25NO5S/c1-2-3-4-5-6-7-8-21(24)28-19-13-9-17(10-14-19)22(25)29-20-15-11-18(12-16-20)23(26)27/h9-16H,2-8H2,1H3. The molecule has 0 fully saturated rings. The number of unbranched alkanes of at least 4 members (excludes halogenated alkanes) is 5. The molecule has 2 aromatic carbocycles. The summed E-state index contributed by atoms with van der Waals surface area (Å²) in [5, 5.41) is 10.5. The Morgan fingerprint density at radius 3 is 2.17 bits per heavy atom. The van der Waals surface area contributed by atoms with E-state index in [0.29, 0.717) is 22.6 Å². The lowest BCUT2D eigenvalue weighted by Crippen LogP contribution is -2.07. The van der Waals surface area contributed by atoms with Crippen LogP contribution in [0.15, 0.2) is 53.4 Å². The highest BCUT2D eigenvalue weighted by Gasteiger charge is 2.11. The predicted octanol–water partition coefficient (Wildman–Crippen LogP) is 6.18. The van der Waals surface area contributed by atoms with Crippen LogP contribution in [-0.2, 0) is 4.79 Å². The lowest BCUT2D eigenvalue weighted by atomic mass is 10.1. The maximum Gasteiger partial charge on any atom is 0.311 e. The zero-order valence-corrected chi connectivity index (χ0v) is 17.3. The normalized spacial score (nSPS) is 10.5.